The third-order valence-corrected chi connectivity index (χ3v) is 7.04. The van der Waals surface area contributed by atoms with Gasteiger partial charge in [-0.1, -0.05) is 35.9 Å². The molecule has 2 aliphatic heterocycles. The highest BCUT2D eigenvalue weighted by molar-refractivity contribution is 6.33. The summed E-state index contributed by atoms with van der Waals surface area (Å²) in [5.74, 6) is -0.706. The number of ether oxygens (including phenoxy) is 2. The van der Waals surface area contributed by atoms with Crippen molar-refractivity contribution < 1.29 is 23.9 Å². The van der Waals surface area contributed by atoms with E-state index in [0.29, 0.717) is 34.4 Å². The van der Waals surface area contributed by atoms with Crippen LogP contribution in [0.25, 0.3) is 10.8 Å². The maximum Gasteiger partial charge on any atom is 0.303 e. The quantitative estimate of drug-likeness (QED) is 0.438. The maximum absolute atomic E-state index is 13.8. The van der Waals surface area contributed by atoms with Gasteiger partial charge in [0.2, 0.25) is 0 Å². The Morgan fingerprint density at radius 2 is 1.76 bits per heavy atom. The van der Waals surface area contributed by atoms with Gasteiger partial charge in [0.25, 0.3) is 0 Å². The molecule has 2 heterocycles. The number of anilines is 1. The van der Waals surface area contributed by atoms with Gasteiger partial charge in [0.05, 0.1) is 29.5 Å². The van der Waals surface area contributed by atoms with Crippen molar-refractivity contribution >= 4 is 34.0 Å². The second-order valence-corrected chi connectivity index (χ2v) is 9.21. The third-order valence-electron chi connectivity index (χ3n) is 7.04. The molecule has 1 N–H and O–H groups in total. The predicted molar refractivity (Wildman–Crippen MR) is 123 cm³/mol. The Morgan fingerprint density at radius 3 is 2.55 bits per heavy atom. The minimum atomic E-state index is -0.475. The molecule has 1 fully saturated rings. The summed E-state index contributed by atoms with van der Waals surface area (Å²) >= 11 is 0. The summed E-state index contributed by atoms with van der Waals surface area (Å²) in [4.78, 5) is 39.1. The molecule has 33 heavy (non-hydrogen) atoms. The summed E-state index contributed by atoms with van der Waals surface area (Å²) in [7, 11) is 0. The van der Waals surface area contributed by atoms with E-state index < -0.39 is 6.10 Å². The van der Waals surface area contributed by atoms with Gasteiger partial charge in [-0.25, -0.2) is 0 Å². The Morgan fingerprint density at radius 1 is 1.03 bits per heavy atom. The first-order valence-corrected chi connectivity index (χ1v) is 11.2. The first-order chi connectivity index (χ1) is 15.8. The van der Waals surface area contributed by atoms with Gasteiger partial charge in [0, 0.05) is 35.6 Å². The highest BCUT2D eigenvalue weighted by Gasteiger charge is 2.45. The van der Waals surface area contributed by atoms with E-state index in [4.69, 9.17) is 9.47 Å². The number of carbonyl (C=O) groups excluding carboxylic acids is 3. The Kier molecular flexibility index (Phi) is 4.26. The second-order valence-electron chi connectivity index (χ2n) is 9.21. The molecule has 6 nitrogen and oxygen atoms in total. The molecule has 4 atom stereocenters. The smallest absolute Gasteiger partial charge is 0.303 e. The molecule has 0 radical (unpaired) electrons. The third kappa shape index (κ3) is 2.87. The summed E-state index contributed by atoms with van der Waals surface area (Å²) in [5, 5.41) is 5.17. The average Bonchev–Trinajstić information content (AvgIpc) is 2.78. The van der Waals surface area contributed by atoms with Crippen LogP contribution in [0.15, 0.2) is 42.5 Å². The summed E-state index contributed by atoms with van der Waals surface area (Å²) in [6.07, 6.45) is -0.377. The van der Waals surface area contributed by atoms with Crippen molar-refractivity contribution in [2.24, 2.45) is 0 Å². The standard InChI is InChI=1S/C27H23NO5/c1-12-4-6-16-15(10-12)5-7-18-22(16)25(30)19-9-8-17-21-11-20(28-24(17)23(19)26(18)31)27(13(2)32-21)33-14(3)29/h4-10,13,20-21,27-28H,11H2,1-3H3/t13-,20+,21+,27-/m0/s1. The van der Waals surface area contributed by atoms with Crippen molar-refractivity contribution in [1.82, 2.24) is 0 Å². The maximum atomic E-state index is 13.8. The Hall–Kier alpha value is -3.51. The topological polar surface area (TPSA) is 81.7 Å². The lowest BCUT2D eigenvalue weighted by atomic mass is 9.77. The minimum Gasteiger partial charge on any atom is -0.458 e. The number of rotatable bonds is 1. The van der Waals surface area contributed by atoms with Gasteiger partial charge >= 0.3 is 5.97 Å². The van der Waals surface area contributed by atoms with E-state index in [2.05, 4.69) is 5.32 Å². The van der Waals surface area contributed by atoms with Crippen LogP contribution in [0.3, 0.4) is 0 Å². The number of esters is 1. The Balaban J connectivity index is 1.51. The second kappa shape index (κ2) is 6.99. The SMILES string of the molecule is CC(=O)O[C@H]1[C@H](C)O[C@@H]2C[C@H]1Nc1c2ccc2c1C(=O)c1ccc3cc(C)ccc3c1C2=O. The van der Waals surface area contributed by atoms with Crippen LogP contribution in [-0.4, -0.2) is 35.8 Å². The van der Waals surface area contributed by atoms with Crippen molar-refractivity contribution in [2.75, 3.05) is 5.32 Å². The molecule has 1 aliphatic carbocycles. The fourth-order valence-corrected chi connectivity index (χ4v) is 5.60. The van der Waals surface area contributed by atoms with Crippen molar-refractivity contribution in [3.05, 3.63) is 75.8 Å². The van der Waals surface area contributed by atoms with Crippen LogP contribution in [0.2, 0.25) is 0 Å². The highest BCUT2D eigenvalue weighted by Crippen LogP contribution is 2.46. The lowest BCUT2D eigenvalue weighted by molar-refractivity contribution is -0.170. The van der Waals surface area contributed by atoms with Crippen LogP contribution < -0.4 is 5.32 Å². The van der Waals surface area contributed by atoms with Crippen LogP contribution in [0.1, 0.15) is 69.3 Å². The van der Waals surface area contributed by atoms with Crippen molar-refractivity contribution in [2.45, 2.75) is 51.5 Å². The van der Waals surface area contributed by atoms with Crippen molar-refractivity contribution in [3.63, 3.8) is 0 Å². The normalized spacial score (nSPS) is 25.1. The lowest BCUT2D eigenvalue weighted by Gasteiger charge is -2.45. The number of ketones is 2. The van der Waals surface area contributed by atoms with E-state index >= 15 is 0 Å². The molecule has 0 amide bonds. The van der Waals surface area contributed by atoms with Gasteiger partial charge in [-0.2, -0.15) is 0 Å². The van der Waals surface area contributed by atoms with Crippen molar-refractivity contribution in [1.29, 1.82) is 0 Å². The molecule has 0 unspecified atom stereocenters. The first-order valence-electron chi connectivity index (χ1n) is 11.2. The summed E-state index contributed by atoms with van der Waals surface area (Å²) in [5.41, 5.74) is 4.22. The number of benzene rings is 3. The number of nitrogens with one attached hydrogen (secondary N) is 1. The van der Waals surface area contributed by atoms with E-state index in [0.717, 1.165) is 21.9 Å². The monoisotopic (exact) mass is 441 g/mol. The number of hydrogen-bond donors (Lipinski definition) is 1. The van der Waals surface area contributed by atoms with Gasteiger partial charge < -0.3 is 14.8 Å². The van der Waals surface area contributed by atoms with E-state index in [-0.39, 0.29) is 35.8 Å². The molecule has 1 saturated heterocycles. The van der Waals surface area contributed by atoms with E-state index in [9.17, 15) is 14.4 Å². The van der Waals surface area contributed by atoms with E-state index in [1.165, 1.54) is 6.92 Å². The van der Waals surface area contributed by atoms with Crippen LogP contribution in [0.5, 0.6) is 0 Å². The molecular formula is C27H23NO5. The fourth-order valence-electron chi connectivity index (χ4n) is 5.60. The zero-order chi connectivity index (χ0) is 23.0. The molecule has 0 aromatic heterocycles. The van der Waals surface area contributed by atoms with Gasteiger partial charge in [-0.05, 0) is 36.8 Å². The molecule has 6 rings (SSSR count). The lowest BCUT2D eigenvalue weighted by Crippen LogP contribution is -2.52. The molecule has 2 bridgehead atoms. The summed E-state index contributed by atoms with van der Waals surface area (Å²) < 4.78 is 11.7. The zero-order valence-electron chi connectivity index (χ0n) is 18.6. The zero-order valence-corrected chi connectivity index (χ0v) is 18.6. The average molecular weight is 441 g/mol. The molecule has 0 spiro atoms. The van der Waals surface area contributed by atoms with Crippen LogP contribution in [0, 0.1) is 6.92 Å². The largest absolute Gasteiger partial charge is 0.458 e. The molecule has 166 valence electrons. The van der Waals surface area contributed by atoms with Gasteiger partial charge in [0.15, 0.2) is 11.6 Å². The molecular weight excluding hydrogens is 418 g/mol. The van der Waals surface area contributed by atoms with E-state index in [1.807, 2.05) is 44.2 Å². The molecule has 3 aromatic rings. The van der Waals surface area contributed by atoms with Crippen LogP contribution in [-0.2, 0) is 14.3 Å². The number of aryl methyl sites for hydroxylation is 1. The van der Waals surface area contributed by atoms with Crippen LogP contribution >= 0.6 is 0 Å². The summed E-state index contributed by atoms with van der Waals surface area (Å²) in [6.45, 7) is 5.26. The van der Waals surface area contributed by atoms with E-state index in [1.54, 1.807) is 12.1 Å². The van der Waals surface area contributed by atoms with Crippen molar-refractivity contribution in [3.8, 4) is 0 Å². The van der Waals surface area contributed by atoms with Crippen LogP contribution in [0.4, 0.5) is 5.69 Å². The molecule has 3 aliphatic rings. The number of hydrogen-bond acceptors (Lipinski definition) is 6. The predicted octanol–water partition coefficient (Wildman–Crippen LogP) is 4.50. The molecule has 3 aromatic carbocycles. The summed E-state index contributed by atoms with van der Waals surface area (Å²) in [6, 6.07) is 13.0. The minimum absolute atomic E-state index is 0.153. The molecule has 0 saturated carbocycles. The highest BCUT2D eigenvalue weighted by atomic mass is 16.6. The fraction of sp³-hybridized carbons (Fsp3) is 0.296. The Labute approximate surface area is 190 Å². The molecule has 6 heteroatoms. The number of carbonyl (C=O) groups is 3. The Bertz CT molecular complexity index is 1390. The van der Waals surface area contributed by atoms with Gasteiger partial charge in [-0.15, -0.1) is 0 Å². The first kappa shape index (κ1) is 20.1. The number of fused-ring (bicyclic) bond motifs is 9. The van der Waals surface area contributed by atoms with Gasteiger partial charge in [-0.3, -0.25) is 14.4 Å². The van der Waals surface area contributed by atoms with Gasteiger partial charge in [0.1, 0.15) is 6.10 Å².